The molecule has 106 valence electrons. The smallest absolute Gasteiger partial charge is 0.230 e. The molecule has 2 aromatic rings. The second-order valence-electron chi connectivity index (χ2n) is 4.53. The number of aromatic nitrogens is 1. The topological polar surface area (TPSA) is 65.8 Å². The van der Waals surface area contributed by atoms with E-state index in [-0.39, 0.29) is 11.7 Å². The number of benzene rings is 1. The standard InChI is InChI=1S/C16H15N3OS/c1-3-6-18-15(20)10-21-16-13(9-17)8-12-5-4-11(2)7-14(12)19-16/h3-5,7-8H,1,6,10H2,2H3,(H,18,20). The van der Waals surface area contributed by atoms with Crippen LogP contribution < -0.4 is 5.32 Å². The molecule has 2 rings (SSSR count). The molecule has 21 heavy (non-hydrogen) atoms. The SMILES string of the molecule is C=CCNC(=O)CSc1nc2cc(C)ccc2cc1C#N. The van der Waals surface area contributed by atoms with Crippen LogP contribution in [0.4, 0.5) is 0 Å². The zero-order valence-electron chi connectivity index (χ0n) is 11.7. The number of hydrogen-bond acceptors (Lipinski definition) is 4. The van der Waals surface area contributed by atoms with Crippen molar-refractivity contribution in [2.75, 3.05) is 12.3 Å². The molecular formula is C16H15N3OS. The van der Waals surface area contributed by atoms with Gasteiger partial charge in [0, 0.05) is 11.9 Å². The van der Waals surface area contributed by atoms with E-state index in [4.69, 9.17) is 0 Å². The van der Waals surface area contributed by atoms with E-state index in [1.807, 2.05) is 31.2 Å². The molecule has 1 aromatic carbocycles. The van der Waals surface area contributed by atoms with Gasteiger partial charge < -0.3 is 5.32 Å². The Balaban J connectivity index is 2.23. The van der Waals surface area contributed by atoms with Crippen molar-refractivity contribution in [2.24, 2.45) is 0 Å². The minimum absolute atomic E-state index is 0.102. The van der Waals surface area contributed by atoms with Gasteiger partial charge >= 0.3 is 0 Å². The Bertz CT molecular complexity index is 734. The molecule has 1 aromatic heterocycles. The van der Waals surface area contributed by atoms with Crippen molar-refractivity contribution in [1.29, 1.82) is 5.26 Å². The predicted molar refractivity (Wildman–Crippen MR) is 85.1 cm³/mol. The summed E-state index contributed by atoms with van der Waals surface area (Å²) in [6, 6.07) is 9.85. The summed E-state index contributed by atoms with van der Waals surface area (Å²) in [4.78, 5) is 16.1. The summed E-state index contributed by atoms with van der Waals surface area (Å²) in [5.41, 5.74) is 2.44. The average molecular weight is 297 g/mol. The van der Waals surface area contributed by atoms with Crippen LogP contribution in [-0.2, 0) is 4.79 Å². The Morgan fingerprint density at radius 3 is 3.05 bits per heavy atom. The van der Waals surface area contributed by atoms with Crippen LogP contribution in [0.3, 0.4) is 0 Å². The van der Waals surface area contributed by atoms with Crippen molar-refractivity contribution in [3.8, 4) is 6.07 Å². The maximum absolute atomic E-state index is 11.6. The summed E-state index contributed by atoms with van der Waals surface area (Å²) in [7, 11) is 0. The fourth-order valence-corrected chi connectivity index (χ4v) is 2.61. The monoisotopic (exact) mass is 297 g/mol. The van der Waals surface area contributed by atoms with Gasteiger partial charge in [-0.2, -0.15) is 5.26 Å². The molecule has 5 heteroatoms. The highest BCUT2D eigenvalue weighted by molar-refractivity contribution is 8.00. The van der Waals surface area contributed by atoms with Crippen LogP contribution >= 0.6 is 11.8 Å². The van der Waals surface area contributed by atoms with E-state index in [1.54, 1.807) is 6.08 Å². The van der Waals surface area contributed by atoms with E-state index in [2.05, 4.69) is 22.9 Å². The molecule has 4 nitrogen and oxygen atoms in total. The molecular weight excluding hydrogens is 282 g/mol. The lowest BCUT2D eigenvalue weighted by atomic mass is 10.1. The van der Waals surface area contributed by atoms with Gasteiger partial charge in [-0.15, -0.1) is 6.58 Å². The molecule has 0 saturated carbocycles. The van der Waals surface area contributed by atoms with Gasteiger partial charge in [0.2, 0.25) is 5.91 Å². The van der Waals surface area contributed by atoms with Gasteiger partial charge in [-0.25, -0.2) is 4.98 Å². The molecule has 1 N–H and O–H groups in total. The number of pyridine rings is 1. The first-order valence-corrected chi connectivity index (χ1v) is 7.44. The van der Waals surface area contributed by atoms with Crippen molar-refractivity contribution in [1.82, 2.24) is 10.3 Å². The minimum Gasteiger partial charge on any atom is -0.352 e. The van der Waals surface area contributed by atoms with E-state index in [9.17, 15) is 10.1 Å². The van der Waals surface area contributed by atoms with Crippen molar-refractivity contribution >= 4 is 28.6 Å². The molecule has 0 saturated heterocycles. The van der Waals surface area contributed by atoms with Crippen LogP contribution in [0, 0.1) is 18.3 Å². The number of aryl methyl sites for hydroxylation is 1. The number of carbonyl (C=O) groups excluding carboxylic acids is 1. The van der Waals surface area contributed by atoms with E-state index in [1.165, 1.54) is 11.8 Å². The second-order valence-corrected chi connectivity index (χ2v) is 5.49. The van der Waals surface area contributed by atoms with Crippen LogP contribution in [0.25, 0.3) is 10.9 Å². The van der Waals surface area contributed by atoms with Gasteiger partial charge in [0.25, 0.3) is 0 Å². The number of fused-ring (bicyclic) bond motifs is 1. The largest absolute Gasteiger partial charge is 0.352 e. The van der Waals surface area contributed by atoms with Crippen LogP contribution in [-0.4, -0.2) is 23.2 Å². The third-order valence-electron chi connectivity index (χ3n) is 2.84. The lowest BCUT2D eigenvalue weighted by Crippen LogP contribution is -2.25. The summed E-state index contributed by atoms with van der Waals surface area (Å²) in [5.74, 6) is 0.127. The third-order valence-corrected chi connectivity index (χ3v) is 3.83. The van der Waals surface area contributed by atoms with Gasteiger partial charge in [0.1, 0.15) is 11.1 Å². The highest BCUT2D eigenvalue weighted by atomic mass is 32.2. The molecule has 0 radical (unpaired) electrons. The first-order chi connectivity index (χ1) is 10.1. The summed E-state index contributed by atoms with van der Waals surface area (Å²) in [5, 5.41) is 13.4. The average Bonchev–Trinajstić information content (AvgIpc) is 2.49. The zero-order valence-corrected chi connectivity index (χ0v) is 12.5. The first kappa shape index (κ1) is 15.1. The Morgan fingerprint density at radius 1 is 1.52 bits per heavy atom. The maximum Gasteiger partial charge on any atom is 0.230 e. The molecule has 0 aliphatic heterocycles. The Morgan fingerprint density at radius 2 is 2.33 bits per heavy atom. The van der Waals surface area contributed by atoms with Gasteiger partial charge in [-0.05, 0) is 24.6 Å². The quantitative estimate of drug-likeness (QED) is 0.681. The molecule has 0 aliphatic carbocycles. The zero-order chi connectivity index (χ0) is 15.2. The number of nitriles is 1. The van der Waals surface area contributed by atoms with Crippen molar-refractivity contribution in [3.63, 3.8) is 0 Å². The molecule has 0 spiro atoms. The summed E-state index contributed by atoms with van der Waals surface area (Å²) in [6.45, 7) is 5.98. The first-order valence-electron chi connectivity index (χ1n) is 6.46. The molecule has 0 fully saturated rings. The number of nitrogens with one attached hydrogen (secondary N) is 1. The molecule has 0 atom stereocenters. The van der Waals surface area contributed by atoms with E-state index in [0.29, 0.717) is 17.1 Å². The number of amides is 1. The number of rotatable bonds is 5. The summed E-state index contributed by atoms with van der Waals surface area (Å²) in [6.07, 6.45) is 1.63. The highest BCUT2D eigenvalue weighted by Crippen LogP contribution is 2.25. The second kappa shape index (κ2) is 6.91. The fourth-order valence-electron chi connectivity index (χ4n) is 1.82. The Hall–Kier alpha value is -2.32. The number of thioether (sulfide) groups is 1. The number of nitrogens with zero attached hydrogens (tertiary/aromatic N) is 2. The van der Waals surface area contributed by atoms with E-state index in [0.717, 1.165) is 16.5 Å². The van der Waals surface area contributed by atoms with Gasteiger partial charge in [0.15, 0.2) is 0 Å². The normalized spacial score (nSPS) is 10.1. The van der Waals surface area contributed by atoms with Crippen molar-refractivity contribution in [3.05, 3.63) is 48.0 Å². The lowest BCUT2D eigenvalue weighted by molar-refractivity contribution is -0.118. The molecule has 0 unspecified atom stereocenters. The van der Waals surface area contributed by atoms with Gasteiger partial charge in [-0.3, -0.25) is 4.79 Å². The lowest BCUT2D eigenvalue weighted by Gasteiger charge is -2.06. The minimum atomic E-state index is -0.102. The Labute approximate surface area is 127 Å². The van der Waals surface area contributed by atoms with Crippen molar-refractivity contribution in [2.45, 2.75) is 11.9 Å². The molecule has 1 amide bonds. The third kappa shape index (κ3) is 3.83. The van der Waals surface area contributed by atoms with E-state index < -0.39 is 0 Å². The van der Waals surface area contributed by atoms with Crippen LogP contribution in [0.5, 0.6) is 0 Å². The molecule has 0 aliphatic rings. The van der Waals surface area contributed by atoms with E-state index >= 15 is 0 Å². The fraction of sp³-hybridized carbons (Fsp3) is 0.188. The highest BCUT2D eigenvalue weighted by Gasteiger charge is 2.10. The molecule has 1 heterocycles. The van der Waals surface area contributed by atoms with Gasteiger partial charge in [-0.1, -0.05) is 30.0 Å². The maximum atomic E-state index is 11.6. The Kier molecular flexibility index (Phi) is 4.96. The van der Waals surface area contributed by atoms with Crippen molar-refractivity contribution < 1.29 is 4.79 Å². The van der Waals surface area contributed by atoms with Crippen LogP contribution in [0.2, 0.25) is 0 Å². The molecule has 0 bridgehead atoms. The van der Waals surface area contributed by atoms with Gasteiger partial charge in [0.05, 0.1) is 16.8 Å². The predicted octanol–water partition coefficient (Wildman–Crippen LogP) is 2.81. The van der Waals surface area contributed by atoms with Crippen LogP contribution in [0.15, 0.2) is 41.9 Å². The number of carbonyl (C=O) groups is 1. The summed E-state index contributed by atoms with van der Waals surface area (Å²) < 4.78 is 0. The van der Waals surface area contributed by atoms with Crippen LogP contribution in [0.1, 0.15) is 11.1 Å². The summed E-state index contributed by atoms with van der Waals surface area (Å²) >= 11 is 1.27. The number of hydrogen-bond donors (Lipinski definition) is 1.